The second-order valence-electron chi connectivity index (χ2n) is 3.71. The van der Waals surface area contributed by atoms with Crippen LogP contribution in [0.5, 0.6) is 5.88 Å². The van der Waals surface area contributed by atoms with Crippen molar-refractivity contribution in [2.24, 2.45) is 0 Å². The number of ether oxygens (including phenoxy) is 1. The number of rotatable bonds is 3. The Kier molecular flexibility index (Phi) is 3.22. The number of anilines is 1. The average molecular weight is 235 g/mol. The Morgan fingerprint density at radius 2 is 2.29 bits per heavy atom. The van der Waals surface area contributed by atoms with Crippen LogP contribution in [-0.2, 0) is 9.59 Å². The van der Waals surface area contributed by atoms with Crippen LogP contribution in [0.1, 0.15) is 12.8 Å². The van der Waals surface area contributed by atoms with Gasteiger partial charge in [-0.3, -0.25) is 14.9 Å². The quantitative estimate of drug-likeness (QED) is 0.737. The molecule has 1 aromatic heterocycles. The maximum absolute atomic E-state index is 11.5. The summed E-state index contributed by atoms with van der Waals surface area (Å²) >= 11 is 0. The number of piperidine rings is 1. The highest BCUT2D eigenvalue weighted by Gasteiger charge is 2.26. The van der Waals surface area contributed by atoms with Gasteiger partial charge in [0.2, 0.25) is 17.7 Å². The molecular weight excluding hydrogens is 222 g/mol. The Hall–Kier alpha value is -2.11. The van der Waals surface area contributed by atoms with Gasteiger partial charge in [0.25, 0.3) is 0 Å². The number of hydrogen-bond donors (Lipinski definition) is 2. The Bertz CT molecular complexity index is 447. The molecule has 2 heterocycles. The maximum Gasteiger partial charge on any atom is 0.249 e. The molecule has 0 spiro atoms. The van der Waals surface area contributed by atoms with E-state index in [1.54, 1.807) is 18.2 Å². The first kappa shape index (κ1) is 11.4. The highest BCUT2D eigenvalue weighted by atomic mass is 16.5. The summed E-state index contributed by atoms with van der Waals surface area (Å²) < 4.78 is 4.98. The number of carbonyl (C=O) groups excluding carboxylic acids is 2. The van der Waals surface area contributed by atoms with Crippen LogP contribution < -0.4 is 15.4 Å². The van der Waals surface area contributed by atoms with Crippen LogP contribution in [-0.4, -0.2) is 29.9 Å². The number of nitrogens with zero attached hydrogens (tertiary/aromatic N) is 1. The van der Waals surface area contributed by atoms with Crippen molar-refractivity contribution in [1.29, 1.82) is 0 Å². The predicted octanol–water partition coefficient (Wildman–Crippen LogP) is 0.307. The number of nitrogens with one attached hydrogen (secondary N) is 2. The molecule has 1 saturated heterocycles. The van der Waals surface area contributed by atoms with Gasteiger partial charge in [0.05, 0.1) is 7.11 Å². The van der Waals surface area contributed by atoms with Gasteiger partial charge in [-0.05, 0) is 12.5 Å². The molecule has 0 bridgehead atoms. The molecule has 1 aliphatic rings. The molecule has 1 atom stereocenters. The van der Waals surface area contributed by atoms with E-state index in [0.29, 0.717) is 24.5 Å². The van der Waals surface area contributed by atoms with E-state index in [-0.39, 0.29) is 11.8 Å². The summed E-state index contributed by atoms with van der Waals surface area (Å²) in [5.74, 6) is 0.485. The molecule has 2 amide bonds. The zero-order valence-electron chi connectivity index (χ0n) is 9.40. The van der Waals surface area contributed by atoms with Crippen molar-refractivity contribution in [3.8, 4) is 5.88 Å². The number of hydrogen-bond acceptors (Lipinski definition) is 5. The van der Waals surface area contributed by atoms with Crippen LogP contribution in [0.25, 0.3) is 0 Å². The first-order chi connectivity index (χ1) is 8.19. The molecule has 1 aliphatic heterocycles. The molecule has 0 aliphatic carbocycles. The normalized spacial score (nSPS) is 19.7. The summed E-state index contributed by atoms with van der Waals surface area (Å²) in [6.45, 7) is 0. The Balaban J connectivity index is 2.05. The zero-order valence-corrected chi connectivity index (χ0v) is 9.40. The molecule has 2 rings (SSSR count). The van der Waals surface area contributed by atoms with Gasteiger partial charge < -0.3 is 10.1 Å². The van der Waals surface area contributed by atoms with Gasteiger partial charge in [-0.1, -0.05) is 6.07 Å². The van der Waals surface area contributed by atoms with Gasteiger partial charge in [0, 0.05) is 12.5 Å². The SMILES string of the molecule is COc1cccc(NC2CCC(=O)NC2=O)n1. The summed E-state index contributed by atoms with van der Waals surface area (Å²) in [6, 6.07) is 4.81. The van der Waals surface area contributed by atoms with E-state index in [0.717, 1.165) is 0 Å². The Morgan fingerprint density at radius 3 is 3.00 bits per heavy atom. The van der Waals surface area contributed by atoms with Crippen molar-refractivity contribution in [2.45, 2.75) is 18.9 Å². The zero-order chi connectivity index (χ0) is 12.3. The van der Waals surface area contributed by atoms with E-state index >= 15 is 0 Å². The third-order valence-electron chi connectivity index (χ3n) is 2.49. The van der Waals surface area contributed by atoms with Crippen LogP contribution in [0.15, 0.2) is 18.2 Å². The van der Waals surface area contributed by atoms with Gasteiger partial charge in [-0.25, -0.2) is 0 Å². The molecule has 1 fully saturated rings. The summed E-state index contributed by atoms with van der Waals surface area (Å²) in [4.78, 5) is 26.6. The topological polar surface area (TPSA) is 80.3 Å². The lowest BCUT2D eigenvalue weighted by atomic mass is 10.1. The number of aromatic nitrogens is 1. The highest BCUT2D eigenvalue weighted by Crippen LogP contribution is 2.14. The van der Waals surface area contributed by atoms with Crippen molar-refractivity contribution < 1.29 is 14.3 Å². The molecule has 0 saturated carbocycles. The van der Waals surface area contributed by atoms with Crippen LogP contribution in [0.3, 0.4) is 0 Å². The molecule has 17 heavy (non-hydrogen) atoms. The number of imide groups is 1. The van der Waals surface area contributed by atoms with Gasteiger partial charge in [0.1, 0.15) is 11.9 Å². The van der Waals surface area contributed by atoms with E-state index in [4.69, 9.17) is 4.74 Å². The van der Waals surface area contributed by atoms with E-state index in [9.17, 15) is 9.59 Å². The van der Waals surface area contributed by atoms with Crippen molar-refractivity contribution in [3.05, 3.63) is 18.2 Å². The lowest BCUT2D eigenvalue weighted by molar-refractivity contribution is -0.133. The standard InChI is InChI=1S/C11H13N3O3/c1-17-10-4-2-3-8(13-10)12-7-5-6-9(15)14-11(7)16/h2-4,7H,5-6H2,1H3,(H,12,13)(H,14,15,16). The maximum atomic E-state index is 11.5. The van der Waals surface area contributed by atoms with Crippen molar-refractivity contribution in [1.82, 2.24) is 10.3 Å². The fraction of sp³-hybridized carbons (Fsp3) is 0.364. The predicted molar refractivity (Wildman–Crippen MR) is 60.6 cm³/mol. The minimum absolute atomic E-state index is 0.230. The highest BCUT2D eigenvalue weighted by molar-refractivity contribution is 6.01. The smallest absolute Gasteiger partial charge is 0.249 e. The molecule has 1 aromatic rings. The molecule has 1 unspecified atom stereocenters. The third kappa shape index (κ3) is 2.72. The van der Waals surface area contributed by atoms with E-state index in [2.05, 4.69) is 15.6 Å². The Morgan fingerprint density at radius 1 is 1.47 bits per heavy atom. The second-order valence-corrected chi connectivity index (χ2v) is 3.71. The van der Waals surface area contributed by atoms with Crippen LogP contribution in [0.2, 0.25) is 0 Å². The molecular formula is C11H13N3O3. The van der Waals surface area contributed by atoms with E-state index in [1.165, 1.54) is 7.11 Å². The fourth-order valence-corrected chi connectivity index (χ4v) is 1.62. The van der Waals surface area contributed by atoms with Crippen molar-refractivity contribution >= 4 is 17.6 Å². The minimum atomic E-state index is -0.424. The Labute approximate surface area is 98.4 Å². The lowest BCUT2D eigenvalue weighted by Gasteiger charge is -2.22. The first-order valence-corrected chi connectivity index (χ1v) is 5.30. The number of carbonyl (C=O) groups is 2. The largest absolute Gasteiger partial charge is 0.481 e. The van der Waals surface area contributed by atoms with E-state index in [1.807, 2.05) is 0 Å². The van der Waals surface area contributed by atoms with Gasteiger partial charge in [0.15, 0.2) is 0 Å². The molecule has 90 valence electrons. The number of methoxy groups -OCH3 is 1. The fourth-order valence-electron chi connectivity index (χ4n) is 1.62. The summed E-state index contributed by atoms with van der Waals surface area (Å²) in [5, 5.41) is 5.25. The lowest BCUT2D eigenvalue weighted by Crippen LogP contribution is -2.47. The van der Waals surface area contributed by atoms with E-state index < -0.39 is 6.04 Å². The van der Waals surface area contributed by atoms with Gasteiger partial charge in [-0.15, -0.1) is 0 Å². The molecule has 0 radical (unpaired) electrons. The molecule has 2 N–H and O–H groups in total. The van der Waals surface area contributed by atoms with Crippen LogP contribution in [0.4, 0.5) is 5.82 Å². The summed E-state index contributed by atoms with van der Waals surface area (Å²) in [6.07, 6.45) is 0.816. The monoisotopic (exact) mass is 235 g/mol. The third-order valence-corrected chi connectivity index (χ3v) is 2.49. The van der Waals surface area contributed by atoms with Crippen molar-refractivity contribution in [3.63, 3.8) is 0 Å². The van der Waals surface area contributed by atoms with Gasteiger partial charge in [-0.2, -0.15) is 4.98 Å². The van der Waals surface area contributed by atoms with Gasteiger partial charge >= 0.3 is 0 Å². The second kappa shape index (κ2) is 4.82. The molecule has 0 aromatic carbocycles. The van der Waals surface area contributed by atoms with Crippen molar-refractivity contribution in [2.75, 3.05) is 12.4 Å². The first-order valence-electron chi connectivity index (χ1n) is 5.30. The summed E-state index contributed by atoms with van der Waals surface area (Å²) in [7, 11) is 1.53. The average Bonchev–Trinajstić information content (AvgIpc) is 2.33. The molecule has 6 heteroatoms. The minimum Gasteiger partial charge on any atom is -0.481 e. The molecule has 6 nitrogen and oxygen atoms in total. The van der Waals surface area contributed by atoms with Crippen LogP contribution in [0, 0.1) is 0 Å². The number of amides is 2. The van der Waals surface area contributed by atoms with Crippen LogP contribution >= 0.6 is 0 Å². The number of pyridine rings is 1. The summed E-state index contributed by atoms with van der Waals surface area (Å²) in [5.41, 5.74) is 0.